The maximum absolute atomic E-state index is 11.8. The number of nitrogens with zero attached hydrogens (tertiary/aromatic N) is 2. The zero-order valence-corrected chi connectivity index (χ0v) is 9.58. The molecule has 1 amide bonds. The Morgan fingerprint density at radius 2 is 1.39 bits per heavy atom. The second kappa shape index (κ2) is 5.55. The van der Waals surface area contributed by atoms with E-state index in [-0.39, 0.29) is 5.71 Å². The summed E-state index contributed by atoms with van der Waals surface area (Å²) in [5.74, 6) is -0.406. The zero-order chi connectivity index (χ0) is 12.8. The third kappa shape index (κ3) is 2.69. The summed E-state index contributed by atoms with van der Waals surface area (Å²) in [6.07, 6.45) is 0. The Bertz CT molecular complexity index is 610. The van der Waals surface area contributed by atoms with Crippen molar-refractivity contribution in [3.63, 3.8) is 0 Å². The third-order valence-corrected chi connectivity index (χ3v) is 2.39. The van der Waals surface area contributed by atoms with E-state index in [0.29, 0.717) is 11.1 Å². The highest BCUT2D eigenvalue weighted by atomic mass is 16.1. The fourth-order valence-corrected chi connectivity index (χ4v) is 1.50. The summed E-state index contributed by atoms with van der Waals surface area (Å²) in [4.78, 5) is 15.7. The standard InChI is InChI=1S/C15H10N2O/c16-11-14(12-7-3-1-4-8-12)17-15(18)13-9-5-2-6-10-13/h1-10H/b17-14+. The van der Waals surface area contributed by atoms with Gasteiger partial charge in [-0.05, 0) is 12.1 Å². The summed E-state index contributed by atoms with van der Waals surface area (Å²) in [5, 5.41) is 9.04. The van der Waals surface area contributed by atoms with Gasteiger partial charge in [-0.2, -0.15) is 10.3 Å². The predicted octanol–water partition coefficient (Wildman–Crippen LogP) is 2.84. The van der Waals surface area contributed by atoms with E-state index in [0.717, 1.165) is 0 Å². The van der Waals surface area contributed by atoms with Crippen LogP contribution in [0.25, 0.3) is 0 Å². The Morgan fingerprint density at radius 1 is 0.889 bits per heavy atom. The first-order chi connectivity index (χ1) is 8.81. The van der Waals surface area contributed by atoms with Crippen LogP contribution >= 0.6 is 0 Å². The summed E-state index contributed by atoms with van der Waals surface area (Å²) in [5.41, 5.74) is 1.25. The molecule has 0 aliphatic heterocycles. The smallest absolute Gasteiger partial charge is 0.267 e. The molecular formula is C15H10N2O. The van der Waals surface area contributed by atoms with Crippen LogP contribution in [0.2, 0.25) is 0 Å². The van der Waals surface area contributed by atoms with E-state index < -0.39 is 5.91 Å². The van der Waals surface area contributed by atoms with E-state index >= 15 is 0 Å². The highest BCUT2D eigenvalue weighted by molar-refractivity contribution is 6.17. The van der Waals surface area contributed by atoms with E-state index in [1.165, 1.54) is 0 Å². The average Bonchev–Trinajstić information content (AvgIpc) is 2.46. The van der Waals surface area contributed by atoms with Crippen LogP contribution in [0.15, 0.2) is 65.7 Å². The largest absolute Gasteiger partial charge is 0.278 e. The first kappa shape index (κ1) is 11.7. The Kier molecular flexibility index (Phi) is 3.62. The quantitative estimate of drug-likeness (QED) is 0.750. The van der Waals surface area contributed by atoms with Gasteiger partial charge in [0.1, 0.15) is 6.07 Å². The molecule has 3 heteroatoms. The van der Waals surface area contributed by atoms with Crippen molar-refractivity contribution in [1.29, 1.82) is 5.26 Å². The summed E-state index contributed by atoms with van der Waals surface area (Å²) in [7, 11) is 0. The molecule has 0 N–H and O–H groups in total. The van der Waals surface area contributed by atoms with Crippen molar-refractivity contribution in [1.82, 2.24) is 0 Å². The molecule has 18 heavy (non-hydrogen) atoms. The minimum Gasteiger partial charge on any atom is -0.267 e. The van der Waals surface area contributed by atoms with Gasteiger partial charge in [0.2, 0.25) is 0 Å². The van der Waals surface area contributed by atoms with Crippen molar-refractivity contribution in [2.75, 3.05) is 0 Å². The van der Waals surface area contributed by atoms with Gasteiger partial charge >= 0.3 is 0 Å². The van der Waals surface area contributed by atoms with E-state index in [9.17, 15) is 4.79 Å². The number of benzene rings is 2. The summed E-state index contributed by atoms with van der Waals surface area (Å²) in [6, 6.07) is 19.6. The normalized spacial score (nSPS) is 10.7. The molecule has 0 atom stereocenters. The van der Waals surface area contributed by atoms with Gasteiger partial charge in [0.05, 0.1) is 0 Å². The lowest BCUT2D eigenvalue weighted by atomic mass is 10.1. The molecule has 2 aromatic rings. The minimum absolute atomic E-state index is 0.129. The lowest BCUT2D eigenvalue weighted by molar-refractivity contribution is 0.100. The van der Waals surface area contributed by atoms with Crippen molar-refractivity contribution < 1.29 is 4.79 Å². The van der Waals surface area contributed by atoms with Crippen molar-refractivity contribution in [2.45, 2.75) is 0 Å². The number of rotatable bonds is 2. The lowest BCUT2D eigenvalue weighted by Crippen LogP contribution is -2.03. The van der Waals surface area contributed by atoms with Gasteiger partial charge in [-0.3, -0.25) is 4.79 Å². The van der Waals surface area contributed by atoms with Gasteiger partial charge in [-0.15, -0.1) is 0 Å². The van der Waals surface area contributed by atoms with Crippen LogP contribution in [0, 0.1) is 11.3 Å². The van der Waals surface area contributed by atoms with Crippen molar-refractivity contribution >= 4 is 11.6 Å². The second-order valence-corrected chi connectivity index (χ2v) is 3.61. The van der Waals surface area contributed by atoms with Crippen molar-refractivity contribution in [2.24, 2.45) is 4.99 Å². The fourth-order valence-electron chi connectivity index (χ4n) is 1.50. The summed E-state index contributed by atoms with van der Waals surface area (Å²) < 4.78 is 0. The molecule has 0 aromatic heterocycles. The van der Waals surface area contributed by atoms with Crippen LogP contribution in [-0.2, 0) is 0 Å². The Balaban J connectivity index is 2.33. The summed E-state index contributed by atoms with van der Waals surface area (Å²) in [6.45, 7) is 0. The Labute approximate surface area is 105 Å². The predicted molar refractivity (Wildman–Crippen MR) is 69.4 cm³/mol. The molecule has 0 saturated carbocycles. The van der Waals surface area contributed by atoms with Crippen LogP contribution in [0.4, 0.5) is 0 Å². The van der Waals surface area contributed by atoms with Crippen LogP contribution in [0.5, 0.6) is 0 Å². The van der Waals surface area contributed by atoms with Crippen LogP contribution < -0.4 is 0 Å². The van der Waals surface area contributed by atoms with E-state index in [1.807, 2.05) is 18.2 Å². The van der Waals surface area contributed by atoms with Gasteiger partial charge in [0.25, 0.3) is 5.91 Å². The van der Waals surface area contributed by atoms with Gasteiger partial charge < -0.3 is 0 Å². The molecule has 0 spiro atoms. The van der Waals surface area contributed by atoms with Crippen molar-refractivity contribution in [3.8, 4) is 6.07 Å². The average molecular weight is 234 g/mol. The highest BCUT2D eigenvalue weighted by Crippen LogP contribution is 2.05. The molecule has 0 aliphatic carbocycles. The Hall–Kier alpha value is -2.73. The number of hydrogen-bond donors (Lipinski definition) is 0. The van der Waals surface area contributed by atoms with Gasteiger partial charge in [0.15, 0.2) is 5.71 Å². The lowest BCUT2D eigenvalue weighted by Gasteiger charge is -1.98. The first-order valence-corrected chi connectivity index (χ1v) is 5.45. The van der Waals surface area contributed by atoms with Gasteiger partial charge in [-0.25, -0.2) is 0 Å². The molecule has 3 nitrogen and oxygen atoms in total. The molecule has 0 fully saturated rings. The molecule has 0 radical (unpaired) electrons. The molecule has 2 aromatic carbocycles. The van der Waals surface area contributed by atoms with Crippen LogP contribution in [-0.4, -0.2) is 11.6 Å². The second-order valence-electron chi connectivity index (χ2n) is 3.61. The molecule has 0 bridgehead atoms. The Morgan fingerprint density at radius 3 is 1.89 bits per heavy atom. The molecular weight excluding hydrogens is 224 g/mol. The van der Waals surface area contributed by atoms with E-state index in [2.05, 4.69) is 4.99 Å². The van der Waals surface area contributed by atoms with Crippen LogP contribution in [0.3, 0.4) is 0 Å². The third-order valence-electron chi connectivity index (χ3n) is 2.39. The SMILES string of the molecule is N#C/C(=N\C(=O)c1ccccc1)c1ccccc1. The zero-order valence-electron chi connectivity index (χ0n) is 9.58. The minimum atomic E-state index is -0.406. The monoisotopic (exact) mass is 234 g/mol. The number of aliphatic imine (C=N–C) groups is 1. The first-order valence-electron chi connectivity index (χ1n) is 5.45. The maximum Gasteiger partial charge on any atom is 0.278 e. The molecule has 0 saturated heterocycles. The van der Waals surface area contributed by atoms with Crippen molar-refractivity contribution in [3.05, 3.63) is 71.8 Å². The maximum atomic E-state index is 11.8. The number of hydrogen-bond acceptors (Lipinski definition) is 2. The van der Waals surface area contributed by atoms with Gasteiger partial charge in [-0.1, -0.05) is 48.5 Å². The van der Waals surface area contributed by atoms with E-state index in [4.69, 9.17) is 5.26 Å². The fraction of sp³-hybridized carbons (Fsp3) is 0. The number of amides is 1. The number of carbonyl (C=O) groups excluding carboxylic acids is 1. The molecule has 2 rings (SSSR count). The summed E-state index contributed by atoms with van der Waals surface area (Å²) >= 11 is 0. The van der Waals surface area contributed by atoms with E-state index in [1.54, 1.807) is 48.5 Å². The number of nitriles is 1. The topological polar surface area (TPSA) is 53.2 Å². The molecule has 0 unspecified atom stereocenters. The number of carbonyl (C=O) groups is 1. The van der Waals surface area contributed by atoms with Crippen LogP contribution in [0.1, 0.15) is 15.9 Å². The molecule has 86 valence electrons. The molecule has 0 heterocycles. The highest BCUT2D eigenvalue weighted by Gasteiger charge is 2.07. The van der Waals surface area contributed by atoms with Gasteiger partial charge in [0, 0.05) is 11.1 Å². The molecule has 0 aliphatic rings.